The van der Waals surface area contributed by atoms with Gasteiger partial charge in [0.2, 0.25) is 0 Å². The van der Waals surface area contributed by atoms with Crippen LogP contribution in [0.2, 0.25) is 0 Å². The van der Waals surface area contributed by atoms with Crippen LogP contribution >= 0.6 is 0 Å². The number of nitrogens with one attached hydrogen (secondary N) is 2. The third-order valence-electron chi connectivity index (χ3n) is 4.56. The van der Waals surface area contributed by atoms with Crippen LogP contribution in [0.25, 0.3) is 0 Å². The lowest BCUT2D eigenvalue weighted by Crippen LogP contribution is -2.39. The summed E-state index contributed by atoms with van der Waals surface area (Å²) in [4.78, 5) is 9.10. The quantitative estimate of drug-likeness (QED) is 0.431. The summed E-state index contributed by atoms with van der Waals surface area (Å²) in [6.07, 6.45) is 1.19. The van der Waals surface area contributed by atoms with E-state index in [1.165, 1.54) is 0 Å². The third kappa shape index (κ3) is 6.62. The Morgan fingerprint density at radius 3 is 2.67 bits per heavy atom. The van der Waals surface area contributed by atoms with Gasteiger partial charge in [-0.05, 0) is 52.3 Å². The maximum Gasteiger partial charge on any atom is 0.191 e. The van der Waals surface area contributed by atoms with Gasteiger partial charge in [0, 0.05) is 30.4 Å². The third-order valence-corrected chi connectivity index (χ3v) is 4.56. The Morgan fingerprint density at radius 1 is 1.23 bits per heavy atom. The number of pyridine rings is 1. The number of nitrogens with zero attached hydrogens (tertiary/aromatic N) is 2. The maximum absolute atomic E-state index is 10.6. The number of aliphatic hydroxyl groups excluding tert-OH is 1. The predicted octanol–water partition coefficient (Wildman–Crippen LogP) is 3.28. The molecule has 7 heteroatoms. The lowest BCUT2D eigenvalue weighted by molar-refractivity contribution is 0.179. The number of hydrogen-bond acceptors (Lipinski definition) is 5. The van der Waals surface area contributed by atoms with Crippen LogP contribution in [0.1, 0.15) is 49.3 Å². The molecular weight excluding hydrogens is 380 g/mol. The van der Waals surface area contributed by atoms with E-state index in [-0.39, 0.29) is 6.10 Å². The van der Waals surface area contributed by atoms with Crippen molar-refractivity contribution in [2.75, 3.05) is 20.2 Å². The zero-order valence-electron chi connectivity index (χ0n) is 18.8. The standard InChI is InChI=1S/C23H34N4O3/c1-7-24-23(26-13-20-17(5)22(29-6)16(4)12-25-20)27-14-21(28)18-9-8-10-19(11-18)30-15(2)3/h8-12,15,21,28H,7,13-14H2,1-6H3,(H2,24,26,27). The monoisotopic (exact) mass is 414 g/mol. The molecule has 0 saturated heterocycles. The number of methoxy groups -OCH3 is 1. The first-order valence-corrected chi connectivity index (χ1v) is 10.3. The first-order chi connectivity index (χ1) is 14.3. The molecule has 3 N–H and O–H groups in total. The second-order valence-electron chi connectivity index (χ2n) is 7.38. The van der Waals surface area contributed by atoms with Crippen LogP contribution in [-0.4, -0.2) is 42.4 Å². The molecule has 0 saturated carbocycles. The van der Waals surface area contributed by atoms with Gasteiger partial charge in [0.05, 0.1) is 31.6 Å². The molecular formula is C23H34N4O3. The van der Waals surface area contributed by atoms with Crippen molar-refractivity contribution in [1.82, 2.24) is 15.6 Å². The molecule has 2 rings (SSSR count). The van der Waals surface area contributed by atoms with E-state index >= 15 is 0 Å². The first kappa shape index (κ1) is 23.5. The number of guanidine groups is 1. The summed E-state index contributed by atoms with van der Waals surface area (Å²) in [6.45, 7) is 11.3. The van der Waals surface area contributed by atoms with E-state index in [1.54, 1.807) is 13.3 Å². The van der Waals surface area contributed by atoms with Gasteiger partial charge < -0.3 is 25.2 Å². The number of aromatic nitrogens is 1. The van der Waals surface area contributed by atoms with Crippen LogP contribution in [0.3, 0.4) is 0 Å². The van der Waals surface area contributed by atoms with Crippen molar-refractivity contribution >= 4 is 5.96 Å². The van der Waals surface area contributed by atoms with Crippen LogP contribution in [0.15, 0.2) is 35.5 Å². The molecule has 1 heterocycles. The average molecular weight is 415 g/mol. The highest BCUT2D eigenvalue weighted by atomic mass is 16.5. The lowest BCUT2D eigenvalue weighted by atomic mass is 10.1. The molecule has 0 fully saturated rings. The molecule has 2 aromatic rings. The second-order valence-corrected chi connectivity index (χ2v) is 7.38. The second kappa shape index (κ2) is 11.4. The normalized spacial score (nSPS) is 12.6. The van der Waals surface area contributed by atoms with Crippen molar-refractivity contribution in [2.45, 2.75) is 53.4 Å². The van der Waals surface area contributed by atoms with Crippen LogP contribution in [0, 0.1) is 13.8 Å². The van der Waals surface area contributed by atoms with Gasteiger partial charge in [0.15, 0.2) is 5.96 Å². The first-order valence-electron chi connectivity index (χ1n) is 10.3. The Labute approximate surface area is 179 Å². The Morgan fingerprint density at radius 2 is 2.00 bits per heavy atom. The Balaban J connectivity index is 2.05. The van der Waals surface area contributed by atoms with Crippen molar-refractivity contribution in [3.63, 3.8) is 0 Å². The number of benzene rings is 1. The van der Waals surface area contributed by atoms with Crippen molar-refractivity contribution in [3.8, 4) is 11.5 Å². The number of aliphatic hydroxyl groups is 1. The van der Waals surface area contributed by atoms with E-state index in [0.29, 0.717) is 25.6 Å². The average Bonchev–Trinajstić information content (AvgIpc) is 2.71. The van der Waals surface area contributed by atoms with E-state index in [2.05, 4.69) is 20.6 Å². The van der Waals surface area contributed by atoms with Crippen LogP contribution in [0.5, 0.6) is 11.5 Å². The molecule has 0 aliphatic carbocycles. The van der Waals surface area contributed by atoms with Crippen LogP contribution < -0.4 is 20.1 Å². The Kier molecular flexibility index (Phi) is 8.92. The molecule has 1 aromatic heterocycles. The highest BCUT2D eigenvalue weighted by Crippen LogP contribution is 2.24. The summed E-state index contributed by atoms with van der Waals surface area (Å²) in [5, 5.41) is 17.0. The van der Waals surface area contributed by atoms with Crippen molar-refractivity contribution in [1.29, 1.82) is 0 Å². The van der Waals surface area contributed by atoms with Gasteiger partial charge in [-0.2, -0.15) is 0 Å². The van der Waals surface area contributed by atoms with Crippen molar-refractivity contribution in [3.05, 3.63) is 52.8 Å². The summed E-state index contributed by atoms with van der Waals surface area (Å²) in [5.74, 6) is 2.20. The van der Waals surface area contributed by atoms with Crippen molar-refractivity contribution < 1.29 is 14.6 Å². The largest absolute Gasteiger partial charge is 0.496 e. The summed E-state index contributed by atoms with van der Waals surface area (Å²) in [6, 6.07) is 7.52. The van der Waals surface area contributed by atoms with Crippen molar-refractivity contribution in [2.24, 2.45) is 4.99 Å². The molecule has 0 bridgehead atoms. The van der Waals surface area contributed by atoms with E-state index in [1.807, 2.05) is 58.9 Å². The lowest BCUT2D eigenvalue weighted by Gasteiger charge is -2.17. The molecule has 1 atom stereocenters. The molecule has 0 aliphatic heterocycles. The minimum absolute atomic E-state index is 0.0838. The Hall–Kier alpha value is -2.80. The fraction of sp³-hybridized carbons (Fsp3) is 0.478. The van der Waals surface area contributed by atoms with Gasteiger partial charge in [-0.1, -0.05) is 12.1 Å². The smallest absolute Gasteiger partial charge is 0.191 e. The maximum atomic E-state index is 10.6. The number of ether oxygens (including phenoxy) is 2. The fourth-order valence-corrected chi connectivity index (χ4v) is 3.10. The molecule has 164 valence electrons. The molecule has 0 radical (unpaired) electrons. The highest BCUT2D eigenvalue weighted by Gasteiger charge is 2.12. The fourth-order valence-electron chi connectivity index (χ4n) is 3.10. The minimum Gasteiger partial charge on any atom is -0.496 e. The summed E-state index contributed by atoms with van der Waals surface area (Å²) >= 11 is 0. The number of aryl methyl sites for hydroxylation is 1. The summed E-state index contributed by atoms with van der Waals surface area (Å²) in [7, 11) is 1.66. The van der Waals surface area contributed by atoms with Gasteiger partial charge in [0.25, 0.3) is 0 Å². The summed E-state index contributed by atoms with van der Waals surface area (Å²) < 4.78 is 11.2. The summed E-state index contributed by atoms with van der Waals surface area (Å²) in [5.41, 5.74) is 3.63. The van der Waals surface area contributed by atoms with Gasteiger partial charge in [0.1, 0.15) is 11.5 Å². The van der Waals surface area contributed by atoms with Gasteiger partial charge in [-0.15, -0.1) is 0 Å². The number of aliphatic imine (C=N–C) groups is 1. The van der Waals surface area contributed by atoms with Gasteiger partial charge >= 0.3 is 0 Å². The molecule has 1 aromatic carbocycles. The molecule has 0 amide bonds. The molecule has 1 unspecified atom stereocenters. The predicted molar refractivity (Wildman–Crippen MR) is 120 cm³/mol. The number of hydrogen-bond donors (Lipinski definition) is 3. The van der Waals surface area contributed by atoms with Crippen LogP contribution in [-0.2, 0) is 6.54 Å². The van der Waals surface area contributed by atoms with E-state index in [9.17, 15) is 5.11 Å². The molecule has 0 aliphatic rings. The highest BCUT2D eigenvalue weighted by molar-refractivity contribution is 5.79. The Bertz CT molecular complexity index is 852. The number of rotatable bonds is 9. The molecule has 30 heavy (non-hydrogen) atoms. The minimum atomic E-state index is -0.691. The molecule has 7 nitrogen and oxygen atoms in total. The van der Waals surface area contributed by atoms with E-state index in [0.717, 1.165) is 33.9 Å². The van der Waals surface area contributed by atoms with Gasteiger partial charge in [-0.3, -0.25) is 4.98 Å². The SMILES string of the molecule is CCNC(=NCc1ncc(C)c(OC)c1C)NCC(O)c1cccc(OC(C)C)c1. The zero-order valence-corrected chi connectivity index (χ0v) is 18.8. The topological polar surface area (TPSA) is 88.0 Å². The molecule has 0 spiro atoms. The zero-order chi connectivity index (χ0) is 22.1. The van der Waals surface area contributed by atoms with Crippen LogP contribution in [0.4, 0.5) is 0 Å². The van der Waals surface area contributed by atoms with E-state index in [4.69, 9.17) is 9.47 Å². The van der Waals surface area contributed by atoms with E-state index < -0.39 is 6.10 Å². The van der Waals surface area contributed by atoms with Gasteiger partial charge in [-0.25, -0.2) is 4.99 Å².